The van der Waals surface area contributed by atoms with Crippen molar-refractivity contribution in [1.29, 1.82) is 0 Å². The third-order valence-electron chi connectivity index (χ3n) is 4.52. The highest BCUT2D eigenvalue weighted by Crippen LogP contribution is 2.24. The molecule has 29 heavy (non-hydrogen) atoms. The summed E-state index contributed by atoms with van der Waals surface area (Å²) < 4.78 is 0. The molecule has 148 valence electrons. The van der Waals surface area contributed by atoms with E-state index in [1.54, 1.807) is 23.2 Å². The summed E-state index contributed by atoms with van der Waals surface area (Å²) in [5.41, 5.74) is 2.39. The minimum absolute atomic E-state index is 0.193. The molecule has 2 aromatic carbocycles. The highest BCUT2D eigenvalue weighted by molar-refractivity contribution is 6.30. The topological polar surface area (TPSA) is 62.3 Å². The molecule has 1 atom stereocenters. The Kier molecular flexibility index (Phi) is 6.98. The Bertz CT molecular complexity index is 947. The molecule has 0 fully saturated rings. The van der Waals surface area contributed by atoms with Crippen molar-refractivity contribution < 1.29 is 9.59 Å². The number of nitrogens with zero attached hydrogens (tertiary/aromatic N) is 2. The van der Waals surface area contributed by atoms with Crippen LogP contribution in [0.4, 0.5) is 0 Å². The van der Waals surface area contributed by atoms with Gasteiger partial charge in [0.1, 0.15) is 6.04 Å². The fourth-order valence-electron chi connectivity index (χ4n) is 3.06. The van der Waals surface area contributed by atoms with E-state index in [9.17, 15) is 9.59 Å². The van der Waals surface area contributed by atoms with Crippen LogP contribution in [0.2, 0.25) is 5.02 Å². The highest BCUT2D eigenvalue weighted by Gasteiger charge is 2.29. The van der Waals surface area contributed by atoms with Gasteiger partial charge in [0, 0.05) is 24.7 Å². The molecular weight excluding hydrogens is 386 g/mol. The van der Waals surface area contributed by atoms with Gasteiger partial charge >= 0.3 is 0 Å². The van der Waals surface area contributed by atoms with E-state index in [0.717, 1.165) is 16.8 Å². The zero-order chi connectivity index (χ0) is 20.6. The number of hydrogen-bond donors (Lipinski definition) is 1. The summed E-state index contributed by atoms with van der Waals surface area (Å²) in [4.78, 5) is 31.5. The van der Waals surface area contributed by atoms with Gasteiger partial charge < -0.3 is 10.2 Å². The third kappa shape index (κ3) is 5.65. The first-order valence-electron chi connectivity index (χ1n) is 9.29. The Labute approximate surface area is 175 Å². The Morgan fingerprint density at radius 1 is 1.00 bits per heavy atom. The quantitative estimate of drug-likeness (QED) is 0.640. The van der Waals surface area contributed by atoms with Gasteiger partial charge in [-0.15, -0.1) is 0 Å². The van der Waals surface area contributed by atoms with E-state index in [1.165, 1.54) is 6.92 Å². The molecule has 0 saturated heterocycles. The third-order valence-corrected chi connectivity index (χ3v) is 4.77. The number of rotatable bonds is 7. The number of hydrogen-bond acceptors (Lipinski definition) is 3. The van der Waals surface area contributed by atoms with Crippen LogP contribution in [0, 0.1) is 0 Å². The molecule has 0 aliphatic rings. The van der Waals surface area contributed by atoms with Crippen molar-refractivity contribution in [2.75, 3.05) is 0 Å². The molecule has 0 bridgehead atoms. The smallest absolute Gasteiger partial charge is 0.247 e. The van der Waals surface area contributed by atoms with Crippen LogP contribution in [-0.4, -0.2) is 21.7 Å². The van der Waals surface area contributed by atoms with Crippen LogP contribution < -0.4 is 5.32 Å². The first kappa shape index (κ1) is 20.6. The first-order chi connectivity index (χ1) is 14.0. The molecule has 6 heteroatoms. The second kappa shape index (κ2) is 9.85. The van der Waals surface area contributed by atoms with Gasteiger partial charge in [-0.2, -0.15) is 0 Å². The van der Waals surface area contributed by atoms with Crippen molar-refractivity contribution in [2.24, 2.45) is 0 Å². The molecule has 3 aromatic rings. The molecule has 1 unspecified atom stereocenters. The second-order valence-electron chi connectivity index (χ2n) is 6.63. The Balaban J connectivity index is 1.86. The standard InChI is InChI=1S/C23H22ClN3O2/c1-17(28)27(16-18-10-12-20(24)13-11-18)22(19-7-3-2-4-8-19)23(29)26-15-21-9-5-6-14-25-21/h2-14,22H,15-16H2,1H3,(H,26,29). The molecule has 5 nitrogen and oxygen atoms in total. The summed E-state index contributed by atoms with van der Waals surface area (Å²) in [6, 6.07) is 21.3. The second-order valence-corrected chi connectivity index (χ2v) is 7.06. The van der Waals surface area contributed by atoms with E-state index < -0.39 is 6.04 Å². The van der Waals surface area contributed by atoms with Crippen molar-refractivity contribution in [2.45, 2.75) is 26.1 Å². The summed E-state index contributed by atoms with van der Waals surface area (Å²) in [7, 11) is 0. The maximum atomic E-state index is 13.2. The van der Waals surface area contributed by atoms with Crippen LogP contribution in [0.1, 0.15) is 29.8 Å². The maximum absolute atomic E-state index is 13.2. The SMILES string of the molecule is CC(=O)N(Cc1ccc(Cl)cc1)C(C(=O)NCc1ccccn1)c1ccccc1. The lowest BCUT2D eigenvalue weighted by atomic mass is 10.0. The van der Waals surface area contributed by atoms with E-state index in [1.807, 2.05) is 60.7 Å². The first-order valence-corrected chi connectivity index (χ1v) is 9.66. The normalized spacial score (nSPS) is 11.5. The highest BCUT2D eigenvalue weighted by atomic mass is 35.5. The number of amides is 2. The molecule has 1 heterocycles. The van der Waals surface area contributed by atoms with Crippen molar-refractivity contribution in [3.63, 3.8) is 0 Å². The average molecular weight is 408 g/mol. The van der Waals surface area contributed by atoms with Gasteiger partial charge in [-0.1, -0.05) is 60.1 Å². The summed E-state index contributed by atoms with van der Waals surface area (Å²) >= 11 is 5.97. The minimum atomic E-state index is -0.756. The largest absolute Gasteiger partial charge is 0.348 e. The summed E-state index contributed by atoms with van der Waals surface area (Å²) in [6.45, 7) is 2.05. The molecule has 1 aromatic heterocycles. The predicted molar refractivity (Wildman–Crippen MR) is 113 cm³/mol. The monoisotopic (exact) mass is 407 g/mol. The van der Waals surface area contributed by atoms with Crippen LogP contribution in [0.5, 0.6) is 0 Å². The van der Waals surface area contributed by atoms with Crippen LogP contribution in [0.25, 0.3) is 0 Å². The summed E-state index contributed by atoms with van der Waals surface area (Å²) in [6.07, 6.45) is 1.68. The summed E-state index contributed by atoms with van der Waals surface area (Å²) in [5.74, 6) is -0.451. The summed E-state index contributed by atoms with van der Waals surface area (Å²) in [5, 5.41) is 3.53. The number of carbonyl (C=O) groups is 2. The molecule has 0 aliphatic heterocycles. The lowest BCUT2D eigenvalue weighted by Crippen LogP contribution is -2.42. The number of carbonyl (C=O) groups excluding carboxylic acids is 2. The zero-order valence-corrected chi connectivity index (χ0v) is 16.8. The van der Waals surface area contributed by atoms with Crippen LogP contribution in [-0.2, 0) is 22.7 Å². The van der Waals surface area contributed by atoms with E-state index in [4.69, 9.17) is 11.6 Å². The van der Waals surface area contributed by atoms with Gasteiger partial charge in [0.15, 0.2) is 0 Å². The molecule has 3 rings (SSSR count). The fourth-order valence-corrected chi connectivity index (χ4v) is 3.18. The van der Waals surface area contributed by atoms with E-state index in [2.05, 4.69) is 10.3 Å². The predicted octanol–water partition coefficient (Wildman–Crippen LogP) is 4.14. The van der Waals surface area contributed by atoms with Gasteiger partial charge in [-0.3, -0.25) is 14.6 Å². The Morgan fingerprint density at radius 3 is 2.31 bits per heavy atom. The van der Waals surface area contributed by atoms with E-state index in [0.29, 0.717) is 11.6 Å². The van der Waals surface area contributed by atoms with Crippen LogP contribution in [0.3, 0.4) is 0 Å². The number of nitrogens with one attached hydrogen (secondary N) is 1. The van der Waals surface area contributed by atoms with Crippen molar-refractivity contribution in [1.82, 2.24) is 15.2 Å². The van der Waals surface area contributed by atoms with E-state index >= 15 is 0 Å². The Morgan fingerprint density at radius 2 is 1.69 bits per heavy atom. The van der Waals surface area contributed by atoms with Crippen molar-refractivity contribution in [3.8, 4) is 0 Å². The van der Waals surface area contributed by atoms with Gasteiger partial charge in [-0.05, 0) is 35.4 Å². The molecule has 2 amide bonds. The Hall–Kier alpha value is -3.18. The van der Waals surface area contributed by atoms with Gasteiger partial charge in [0.05, 0.1) is 12.2 Å². The minimum Gasteiger partial charge on any atom is -0.348 e. The number of benzene rings is 2. The zero-order valence-electron chi connectivity index (χ0n) is 16.1. The van der Waals surface area contributed by atoms with Crippen molar-refractivity contribution >= 4 is 23.4 Å². The lowest BCUT2D eigenvalue weighted by molar-refractivity contribution is -0.140. The lowest BCUT2D eigenvalue weighted by Gasteiger charge is -2.30. The molecule has 0 spiro atoms. The fraction of sp³-hybridized carbons (Fsp3) is 0.174. The number of pyridine rings is 1. The molecular formula is C23H22ClN3O2. The average Bonchev–Trinajstić information content (AvgIpc) is 2.74. The number of halogens is 1. The van der Waals surface area contributed by atoms with Gasteiger partial charge in [0.25, 0.3) is 0 Å². The molecule has 0 aliphatic carbocycles. The molecule has 0 radical (unpaired) electrons. The van der Waals surface area contributed by atoms with Crippen LogP contribution >= 0.6 is 11.6 Å². The molecule has 1 N–H and O–H groups in total. The van der Waals surface area contributed by atoms with E-state index in [-0.39, 0.29) is 18.4 Å². The maximum Gasteiger partial charge on any atom is 0.247 e. The number of aromatic nitrogens is 1. The molecule has 0 saturated carbocycles. The van der Waals surface area contributed by atoms with Gasteiger partial charge in [0.2, 0.25) is 11.8 Å². The van der Waals surface area contributed by atoms with Crippen molar-refractivity contribution in [3.05, 3.63) is 101 Å². The van der Waals surface area contributed by atoms with Crippen LogP contribution in [0.15, 0.2) is 79.0 Å². The van der Waals surface area contributed by atoms with Gasteiger partial charge in [-0.25, -0.2) is 0 Å².